The summed E-state index contributed by atoms with van der Waals surface area (Å²) in [6, 6.07) is 23.1. The van der Waals surface area contributed by atoms with Gasteiger partial charge in [0.2, 0.25) is 5.91 Å². The number of halogens is 1. The fourth-order valence-electron chi connectivity index (χ4n) is 2.39. The molecule has 2 N–H and O–H groups in total. The number of hydrogen-bond donors (Lipinski definition) is 2. The number of carbonyl (C=O) groups excluding carboxylic acids is 1. The van der Waals surface area contributed by atoms with Gasteiger partial charge in [-0.3, -0.25) is 4.79 Å². The standard InChI is InChI=1S/C21H19FN2O2/c22-20-9-5-4-6-16(20)14-23-15-21(25)24-17-10-12-19(13-11-17)26-18-7-2-1-3-8-18/h1-13,23H,14-15H2,(H,24,25). The number of hydrogen-bond acceptors (Lipinski definition) is 3. The maximum atomic E-state index is 13.5. The number of rotatable bonds is 7. The van der Waals surface area contributed by atoms with Crippen LogP contribution >= 0.6 is 0 Å². The van der Waals surface area contributed by atoms with Crippen LogP contribution in [0.2, 0.25) is 0 Å². The van der Waals surface area contributed by atoms with Crippen LogP contribution in [0, 0.1) is 5.82 Å². The third kappa shape index (κ3) is 5.16. The van der Waals surface area contributed by atoms with Gasteiger partial charge in [0.25, 0.3) is 0 Å². The molecule has 0 radical (unpaired) electrons. The van der Waals surface area contributed by atoms with E-state index in [2.05, 4.69) is 10.6 Å². The summed E-state index contributed by atoms with van der Waals surface area (Å²) in [4.78, 5) is 12.0. The molecule has 0 saturated heterocycles. The molecule has 0 atom stereocenters. The summed E-state index contributed by atoms with van der Waals surface area (Å²) in [6.07, 6.45) is 0. The summed E-state index contributed by atoms with van der Waals surface area (Å²) in [6.45, 7) is 0.389. The highest BCUT2D eigenvalue weighted by atomic mass is 19.1. The van der Waals surface area contributed by atoms with E-state index in [-0.39, 0.29) is 18.3 Å². The van der Waals surface area contributed by atoms with E-state index >= 15 is 0 Å². The molecule has 0 aliphatic heterocycles. The lowest BCUT2D eigenvalue weighted by Crippen LogP contribution is -2.27. The van der Waals surface area contributed by atoms with Crippen LogP contribution in [0.3, 0.4) is 0 Å². The van der Waals surface area contributed by atoms with Crippen molar-refractivity contribution in [2.45, 2.75) is 6.54 Å². The van der Waals surface area contributed by atoms with Gasteiger partial charge < -0.3 is 15.4 Å². The molecule has 0 aliphatic rings. The average Bonchev–Trinajstić information content (AvgIpc) is 2.66. The lowest BCUT2D eigenvalue weighted by molar-refractivity contribution is -0.115. The Morgan fingerprint density at radius 3 is 2.23 bits per heavy atom. The highest BCUT2D eigenvalue weighted by molar-refractivity contribution is 5.92. The normalized spacial score (nSPS) is 10.3. The van der Waals surface area contributed by atoms with E-state index in [4.69, 9.17) is 4.74 Å². The van der Waals surface area contributed by atoms with Gasteiger partial charge in [0.15, 0.2) is 0 Å². The second-order valence-corrected chi connectivity index (χ2v) is 5.68. The van der Waals surface area contributed by atoms with Crippen LogP contribution in [0.4, 0.5) is 10.1 Å². The molecule has 4 nitrogen and oxygen atoms in total. The smallest absolute Gasteiger partial charge is 0.238 e. The number of carbonyl (C=O) groups is 1. The quantitative estimate of drug-likeness (QED) is 0.666. The van der Waals surface area contributed by atoms with Gasteiger partial charge in [-0.25, -0.2) is 4.39 Å². The number of para-hydroxylation sites is 1. The van der Waals surface area contributed by atoms with Crippen LogP contribution in [-0.4, -0.2) is 12.5 Å². The number of amides is 1. The van der Waals surface area contributed by atoms with Gasteiger partial charge in [-0.1, -0.05) is 36.4 Å². The van der Waals surface area contributed by atoms with E-state index in [0.29, 0.717) is 23.5 Å². The Bertz CT molecular complexity index is 851. The van der Waals surface area contributed by atoms with Gasteiger partial charge in [-0.05, 0) is 42.5 Å². The minimum absolute atomic E-state index is 0.0939. The third-order valence-electron chi connectivity index (χ3n) is 3.68. The van der Waals surface area contributed by atoms with Crippen LogP contribution < -0.4 is 15.4 Å². The molecule has 1 amide bonds. The zero-order chi connectivity index (χ0) is 18.2. The first-order valence-corrected chi connectivity index (χ1v) is 8.27. The molecule has 0 saturated carbocycles. The molecule has 0 spiro atoms. The number of ether oxygens (including phenoxy) is 1. The lowest BCUT2D eigenvalue weighted by atomic mass is 10.2. The van der Waals surface area contributed by atoms with E-state index in [1.54, 1.807) is 42.5 Å². The van der Waals surface area contributed by atoms with E-state index < -0.39 is 0 Å². The highest BCUT2D eigenvalue weighted by Crippen LogP contribution is 2.22. The Morgan fingerprint density at radius 1 is 0.846 bits per heavy atom. The predicted molar refractivity (Wildman–Crippen MR) is 99.7 cm³/mol. The highest BCUT2D eigenvalue weighted by Gasteiger charge is 2.05. The SMILES string of the molecule is O=C(CNCc1ccccc1F)Nc1ccc(Oc2ccccc2)cc1. The van der Waals surface area contributed by atoms with Crippen molar-refractivity contribution in [2.75, 3.05) is 11.9 Å². The van der Waals surface area contributed by atoms with Crippen molar-refractivity contribution >= 4 is 11.6 Å². The van der Waals surface area contributed by atoms with Gasteiger partial charge in [-0.15, -0.1) is 0 Å². The predicted octanol–water partition coefficient (Wildman–Crippen LogP) is 4.35. The van der Waals surface area contributed by atoms with Crippen molar-refractivity contribution in [3.05, 3.63) is 90.2 Å². The van der Waals surface area contributed by atoms with E-state index in [1.807, 2.05) is 30.3 Å². The van der Waals surface area contributed by atoms with Crippen molar-refractivity contribution < 1.29 is 13.9 Å². The Hall–Kier alpha value is -3.18. The molecule has 0 bridgehead atoms. The molecule has 0 heterocycles. The summed E-state index contributed by atoms with van der Waals surface area (Å²) in [5.74, 6) is 0.959. The van der Waals surface area contributed by atoms with Crippen molar-refractivity contribution in [3.8, 4) is 11.5 Å². The number of nitrogens with one attached hydrogen (secondary N) is 2. The first-order chi connectivity index (χ1) is 12.7. The zero-order valence-electron chi connectivity index (χ0n) is 14.1. The van der Waals surface area contributed by atoms with Gasteiger partial charge in [-0.2, -0.15) is 0 Å². The zero-order valence-corrected chi connectivity index (χ0v) is 14.1. The van der Waals surface area contributed by atoms with Crippen LogP contribution in [0.1, 0.15) is 5.56 Å². The Labute approximate surface area is 151 Å². The van der Waals surface area contributed by atoms with Gasteiger partial charge >= 0.3 is 0 Å². The molecule has 0 aliphatic carbocycles. The second-order valence-electron chi connectivity index (χ2n) is 5.68. The van der Waals surface area contributed by atoms with Gasteiger partial charge in [0.1, 0.15) is 17.3 Å². The first kappa shape index (κ1) is 17.6. The summed E-state index contributed by atoms with van der Waals surface area (Å²) in [5, 5.41) is 5.71. The van der Waals surface area contributed by atoms with Crippen molar-refractivity contribution in [3.63, 3.8) is 0 Å². The second kappa shape index (κ2) is 8.78. The summed E-state index contributed by atoms with van der Waals surface area (Å²) < 4.78 is 19.2. The molecule has 0 aromatic heterocycles. The molecule has 132 valence electrons. The molecular formula is C21H19FN2O2. The Morgan fingerprint density at radius 2 is 1.50 bits per heavy atom. The molecule has 3 rings (SSSR count). The maximum absolute atomic E-state index is 13.5. The van der Waals surface area contributed by atoms with Crippen molar-refractivity contribution in [1.29, 1.82) is 0 Å². The summed E-state index contributed by atoms with van der Waals surface area (Å²) in [7, 11) is 0. The lowest BCUT2D eigenvalue weighted by Gasteiger charge is -2.09. The molecule has 0 unspecified atom stereocenters. The Kier molecular flexibility index (Phi) is 5.96. The summed E-state index contributed by atoms with van der Waals surface area (Å²) >= 11 is 0. The topological polar surface area (TPSA) is 50.4 Å². The van der Waals surface area contributed by atoms with Crippen LogP contribution in [0.15, 0.2) is 78.9 Å². The summed E-state index contributed by atoms with van der Waals surface area (Å²) in [5.41, 5.74) is 1.20. The van der Waals surface area contributed by atoms with Crippen LogP contribution in [0.25, 0.3) is 0 Å². The van der Waals surface area contributed by atoms with Crippen LogP contribution in [0.5, 0.6) is 11.5 Å². The fourth-order valence-corrected chi connectivity index (χ4v) is 2.39. The Balaban J connectivity index is 1.46. The van der Waals surface area contributed by atoms with Gasteiger partial charge in [0.05, 0.1) is 6.54 Å². The minimum Gasteiger partial charge on any atom is -0.457 e. The van der Waals surface area contributed by atoms with Crippen molar-refractivity contribution in [2.24, 2.45) is 0 Å². The molecule has 0 fully saturated rings. The molecule has 26 heavy (non-hydrogen) atoms. The largest absolute Gasteiger partial charge is 0.457 e. The number of anilines is 1. The monoisotopic (exact) mass is 350 g/mol. The molecule has 3 aromatic rings. The first-order valence-electron chi connectivity index (χ1n) is 8.27. The van der Waals surface area contributed by atoms with Crippen LogP contribution in [-0.2, 0) is 11.3 Å². The third-order valence-corrected chi connectivity index (χ3v) is 3.68. The fraction of sp³-hybridized carbons (Fsp3) is 0.0952. The van der Waals surface area contributed by atoms with E-state index in [9.17, 15) is 9.18 Å². The van der Waals surface area contributed by atoms with Gasteiger partial charge in [0, 0.05) is 17.8 Å². The van der Waals surface area contributed by atoms with E-state index in [0.717, 1.165) is 5.75 Å². The molecule has 5 heteroatoms. The van der Waals surface area contributed by atoms with Crippen molar-refractivity contribution in [1.82, 2.24) is 5.32 Å². The maximum Gasteiger partial charge on any atom is 0.238 e. The minimum atomic E-state index is -0.283. The van der Waals surface area contributed by atoms with E-state index in [1.165, 1.54) is 6.07 Å². The molecule has 3 aromatic carbocycles. The molecular weight excluding hydrogens is 331 g/mol. The number of benzene rings is 3. The average molecular weight is 350 g/mol.